The number of rotatable bonds is 6. The standard InChI is InChI=1S/C13H25F3N2O/c1-11-2-4-12(8-17,5-3-11)9-18(6-7-19)10-13(14,15)16/h11,19H,2-10,17H2,1H3. The van der Waals surface area contributed by atoms with Gasteiger partial charge in [-0.2, -0.15) is 13.2 Å². The van der Waals surface area contributed by atoms with Crippen LogP contribution in [0.25, 0.3) is 0 Å². The first-order valence-corrected chi connectivity index (χ1v) is 6.90. The lowest BCUT2D eigenvalue weighted by molar-refractivity contribution is -0.150. The molecule has 1 rings (SSSR count). The molecule has 114 valence electrons. The first kappa shape index (κ1) is 16.7. The van der Waals surface area contributed by atoms with Crippen molar-refractivity contribution in [2.24, 2.45) is 17.1 Å². The van der Waals surface area contributed by atoms with E-state index in [1.165, 1.54) is 4.90 Å². The largest absolute Gasteiger partial charge is 0.401 e. The maximum absolute atomic E-state index is 12.5. The zero-order valence-electron chi connectivity index (χ0n) is 11.5. The highest BCUT2D eigenvalue weighted by Crippen LogP contribution is 2.39. The number of hydrogen-bond acceptors (Lipinski definition) is 3. The quantitative estimate of drug-likeness (QED) is 0.783. The molecule has 0 aromatic rings. The monoisotopic (exact) mass is 282 g/mol. The zero-order valence-corrected chi connectivity index (χ0v) is 11.5. The van der Waals surface area contributed by atoms with E-state index in [0.717, 1.165) is 25.7 Å². The molecule has 0 bridgehead atoms. The highest BCUT2D eigenvalue weighted by molar-refractivity contribution is 4.88. The molecule has 3 nitrogen and oxygen atoms in total. The summed E-state index contributed by atoms with van der Waals surface area (Å²) in [5.41, 5.74) is 5.61. The molecule has 0 atom stereocenters. The lowest BCUT2D eigenvalue weighted by atomic mass is 9.70. The normalized spacial score (nSPS) is 28.9. The summed E-state index contributed by atoms with van der Waals surface area (Å²) in [6, 6.07) is 0. The van der Waals surface area contributed by atoms with Gasteiger partial charge in [0.25, 0.3) is 0 Å². The second kappa shape index (κ2) is 6.90. The third kappa shape index (κ3) is 5.67. The van der Waals surface area contributed by atoms with Gasteiger partial charge in [0.15, 0.2) is 0 Å². The molecule has 0 heterocycles. The lowest BCUT2D eigenvalue weighted by Gasteiger charge is -2.42. The molecule has 1 aliphatic carbocycles. The van der Waals surface area contributed by atoms with Gasteiger partial charge in [0, 0.05) is 13.1 Å². The molecule has 0 saturated heterocycles. The van der Waals surface area contributed by atoms with E-state index >= 15 is 0 Å². The van der Waals surface area contributed by atoms with Crippen LogP contribution in [0.2, 0.25) is 0 Å². The summed E-state index contributed by atoms with van der Waals surface area (Å²) in [4.78, 5) is 1.29. The Bertz CT molecular complexity index is 263. The van der Waals surface area contributed by atoms with Crippen molar-refractivity contribution in [3.63, 3.8) is 0 Å². The fourth-order valence-corrected chi connectivity index (χ4v) is 2.88. The molecule has 0 amide bonds. The molecule has 1 fully saturated rings. The Balaban J connectivity index is 2.64. The van der Waals surface area contributed by atoms with E-state index in [4.69, 9.17) is 10.8 Å². The molecule has 3 N–H and O–H groups in total. The Morgan fingerprint density at radius 2 is 1.89 bits per heavy atom. The van der Waals surface area contributed by atoms with Gasteiger partial charge in [0.2, 0.25) is 0 Å². The molecule has 0 aromatic heterocycles. The summed E-state index contributed by atoms with van der Waals surface area (Å²) in [6.07, 6.45) is -0.422. The van der Waals surface area contributed by atoms with Gasteiger partial charge in [0.05, 0.1) is 13.2 Å². The topological polar surface area (TPSA) is 49.5 Å². The number of halogens is 3. The molecule has 0 spiro atoms. The van der Waals surface area contributed by atoms with Crippen molar-refractivity contribution in [3.8, 4) is 0 Å². The van der Waals surface area contributed by atoms with E-state index in [-0.39, 0.29) is 18.6 Å². The molecular formula is C13H25F3N2O. The number of nitrogens with zero attached hydrogens (tertiary/aromatic N) is 1. The van der Waals surface area contributed by atoms with Crippen molar-refractivity contribution in [1.82, 2.24) is 4.90 Å². The highest BCUT2D eigenvalue weighted by atomic mass is 19.4. The van der Waals surface area contributed by atoms with Crippen LogP contribution in [0.5, 0.6) is 0 Å². The van der Waals surface area contributed by atoms with Gasteiger partial charge in [-0.25, -0.2) is 0 Å². The molecule has 1 saturated carbocycles. The van der Waals surface area contributed by atoms with Gasteiger partial charge < -0.3 is 10.8 Å². The second-order valence-corrected chi connectivity index (χ2v) is 5.94. The highest BCUT2D eigenvalue weighted by Gasteiger charge is 2.38. The van der Waals surface area contributed by atoms with Crippen LogP contribution < -0.4 is 5.73 Å². The smallest absolute Gasteiger partial charge is 0.395 e. The van der Waals surface area contributed by atoms with Gasteiger partial charge in [-0.15, -0.1) is 0 Å². The molecule has 0 radical (unpaired) electrons. The van der Waals surface area contributed by atoms with Crippen molar-refractivity contribution in [1.29, 1.82) is 0 Å². The van der Waals surface area contributed by atoms with Gasteiger partial charge >= 0.3 is 6.18 Å². The number of nitrogens with two attached hydrogens (primary N) is 1. The van der Waals surface area contributed by atoms with E-state index in [1.54, 1.807) is 0 Å². The fourth-order valence-electron chi connectivity index (χ4n) is 2.88. The first-order valence-electron chi connectivity index (χ1n) is 6.90. The van der Waals surface area contributed by atoms with E-state index in [0.29, 0.717) is 19.0 Å². The third-order valence-corrected chi connectivity index (χ3v) is 4.15. The van der Waals surface area contributed by atoms with Crippen LogP contribution in [-0.4, -0.2) is 49.0 Å². The Kier molecular flexibility index (Phi) is 6.08. The van der Waals surface area contributed by atoms with Crippen LogP contribution in [0.1, 0.15) is 32.6 Å². The summed E-state index contributed by atoms with van der Waals surface area (Å²) in [7, 11) is 0. The minimum atomic E-state index is -4.23. The van der Waals surface area contributed by atoms with Crippen molar-refractivity contribution in [2.75, 3.05) is 32.8 Å². The van der Waals surface area contributed by atoms with Crippen LogP contribution in [0, 0.1) is 11.3 Å². The fraction of sp³-hybridized carbons (Fsp3) is 1.00. The summed E-state index contributed by atoms with van der Waals surface area (Å²) in [5, 5.41) is 8.92. The molecule has 19 heavy (non-hydrogen) atoms. The van der Waals surface area contributed by atoms with E-state index in [1.807, 2.05) is 0 Å². The van der Waals surface area contributed by atoms with Crippen LogP contribution in [0.4, 0.5) is 13.2 Å². The van der Waals surface area contributed by atoms with E-state index in [2.05, 4.69) is 6.92 Å². The lowest BCUT2D eigenvalue weighted by Crippen LogP contribution is -2.48. The van der Waals surface area contributed by atoms with Crippen molar-refractivity contribution in [3.05, 3.63) is 0 Å². The van der Waals surface area contributed by atoms with Crippen LogP contribution in [0.15, 0.2) is 0 Å². The molecule has 0 aromatic carbocycles. The first-order chi connectivity index (χ1) is 8.80. The molecule has 0 unspecified atom stereocenters. The minimum absolute atomic E-state index is 0.0524. The van der Waals surface area contributed by atoms with Crippen molar-refractivity contribution < 1.29 is 18.3 Å². The molecular weight excluding hydrogens is 257 g/mol. The van der Waals surface area contributed by atoms with Gasteiger partial charge in [-0.05, 0) is 30.7 Å². The minimum Gasteiger partial charge on any atom is -0.395 e. The van der Waals surface area contributed by atoms with Crippen LogP contribution in [0.3, 0.4) is 0 Å². The van der Waals surface area contributed by atoms with Crippen molar-refractivity contribution >= 4 is 0 Å². The summed E-state index contributed by atoms with van der Waals surface area (Å²) in [6.45, 7) is 1.74. The Hall–Kier alpha value is -0.330. The second-order valence-electron chi connectivity index (χ2n) is 5.94. The number of aliphatic hydroxyl groups is 1. The van der Waals surface area contributed by atoms with Crippen LogP contribution >= 0.6 is 0 Å². The average molecular weight is 282 g/mol. The molecule has 6 heteroatoms. The molecule has 0 aliphatic heterocycles. The Labute approximate surface area is 113 Å². The Morgan fingerprint density at radius 1 is 1.32 bits per heavy atom. The van der Waals surface area contributed by atoms with E-state index in [9.17, 15) is 13.2 Å². The number of aliphatic hydroxyl groups excluding tert-OH is 1. The summed E-state index contributed by atoms with van der Waals surface area (Å²) < 4.78 is 37.6. The van der Waals surface area contributed by atoms with Gasteiger partial charge in [0.1, 0.15) is 0 Å². The third-order valence-electron chi connectivity index (χ3n) is 4.15. The zero-order chi connectivity index (χ0) is 14.5. The molecule has 1 aliphatic rings. The van der Waals surface area contributed by atoms with Gasteiger partial charge in [-0.1, -0.05) is 19.8 Å². The van der Waals surface area contributed by atoms with Crippen LogP contribution in [-0.2, 0) is 0 Å². The SMILES string of the molecule is CC1CCC(CN)(CN(CCO)CC(F)(F)F)CC1. The predicted molar refractivity (Wildman–Crippen MR) is 68.7 cm³/mol. The van der Waals surface area contributed by atoms with Crippen molar-refractivity contribution in [2.45, 2.75) is 38.8 Å². The number of alkyl halides is 3. The average Bonchev–Trinajstić information content (AvgIpc) is 2.31. The number of hydrogen-bond donors (Lipinski definition) is 2. The maximum atomic E-state index is 12.5. The maximum Gasteiger partial charge on any atom is 0.401 e. The Morgan fingerprint density at radius 3 is 2.32 bits per heavy atom. The predicted octanol–water partition coefficient (Wildman–Crippen LogP) is 2.00. The summed E-state index contributed by atoms with van der Waals surface area (Å²) in [5.74, 6) is 0.633. The van der Waals surface area contributed by atoms with E-state index < -0.39 is 12.7 Å². The van der Waals surface area contributed by atoms with Gasteiger partial charge in [-0.3, -0.25) is 4.90 Å². The summed E-state index contributed by atoms with van der Waals surface area (Å²) >= 11 is 0.